The molecule has 130 valence electrons. The number of unbranched alkanes of at least 4 members (excludes halogenated alkanes) is 1. The molecule has 1 aromatic carbocycles. The minimum atomic E-state index is 0.561. The lowest BCUT2D eigenvalue weighted by Gasteiger charge is -2.22. The molecule has 2 N–H and O–H groups in total. The number of rotatable bonds is 9. The molecule has 0 saturated heterocycles. The largest absolute Gasteiger partial charge is 0.372 e. The molecule has 0 saturated carbocycles. The normalized spacial score (nSPS) is 10.5. The third kappa shape index (κ3) is 4.81. The third-order valence-corrected chi connectivity index (χ3v) is 3.97. The molecule has 1 aromatic heterocycles. The summed E-state index contributed by atoms with van der Waals surface area (Å²) in [5.41, 5.74) is 3.45. The summed E-state index contributed by atoms with van der Waals surface area (Å²) >= 11 is 0. The lowest BCUT2D eigenvalue weighted by atomic mass is 10.1. The van der Waals surface area contributed by atoms with Crippen molar-refractivity contribution in [3.63, 3.8) is 0 Å². The van der Waals surface area contributed by atoms with E-state index in [1.807, 2.05) is 0 Å². The summed E-state index contributed by atoms with van der Waals surface area (Å²) in [6, 6.07) is 6.43. The Morgan fingerprint density at radius 1 is 1.12 bits per heavy atom. The van der Waals surface area contributed by atoms with Crippen LogP contribution in [0, 0.1) is 6.92 Å². The summed E-state index contributed by atoms with van der Waals surface area (Å²) in [5, 5.41) is 14.6. The average molecular weight is 328 g/mol. The molecule has 0 amide bonds. The van der Waals surface area contributed by atoms with Gasteiger partial charge in [0.1, 0.15) is 0 Å². The number of hydrogen-bond acceptors (Lipinski definition) is 6. The number of hydrogen-bond donors (Lipinski definition) is 2. The van der Waals surface area contributed by atoms with Gasteiger partial charge in [0.25, 0.3) is 0 Å². The first-order chi connectivity index (χ1) is 11.7. The Morgan fingerprint density at radius 2 is 1.92 bits per heavy atom. The second-order valence-electron chi connectivity index (χ2n) is 5.74. The highest BCUT2D eigenvalue weighted by Crippen LogP contribution is 2.24. The van der Waals surface area contributed by atoms with Crippen LogP contribution in [0.1, 0.15) is 39.2 Å². The first kappa shape index (κ1) is 18.0. The minimum absolute atomic E-state index is 0.561. The van der Waals surface area contributed by atoms with E-state index in [1.54, 1.807) is 6.20 Å². The van der Waals surface area contributed by atoms with Gasteiger partial charge in [-0.25, -0.2) is 0 Å². The van der Waals surface area contributed by atoms with Crippen LogP contribution in [0.2, 0.25) is 0 Å². The van der Waals surface area contributed by atoms with Crippen LogP contribution in [0.4, 0.5) is 23.1 Å². The fraction of sp³-hybridized carbons (Fsp3) is 0.500. The van der Waals surface area contributed by atoms with Gasteiger partial charge in [0, 0.05) is 31.0 Å². The van der Waals surface area contributed by atoms with Gasteiger partial charge < -0.3 is 15.5 Å². The van der Waals surface area contributed by atoms with Crippen molar-refractivity contribution in [1.29, 1.82) is 0 Å². The highest BCUT2D eigenvalue weighted by molar-refractivity contribution is 5.65. The molecule has 2 rings (SSSR count). The van der Waals surface area contributed by atoms with Crippen LogP contribution >= 0.6 is 0 Å². The molecule has 1 heterocycles. The molecule has 24 heavy (non-hydrogen) atoms. The zero-order valence-electron chi connectivity index (χ0n) is 15.1. The van der Waals surface area contributed by atoms with E-state index < -0.39 is 0 Å². The maximum atomic E-state index is 4.46. The molecule has 0 fully saturated rings. The fourth-order valence-electron chi connectivity index (χ4n) is 2.53. The molecule has 0 aliphatic heterocycles. The van der Waals surface area contributed by atoms with Crippen LogP contribution in [0.5, 0.6) is 0 Å². The van der Waals surface area contributed by atoms with Crippen molar-refractivity contribution >= 4 is 23.1 Å². The van der Waals surface area contributed by atoms with E-state index in [1.165, 1.54) is 11.3 Å². The van der Waals surface area contributed by atoms with Gasteiger partial charge in [-0.15, -0.1) is 5.10 Å². The summed E-state index contributed by atoms with van der Waals surface area (Å²) in [7, 11) is 0. The van der Waals surface area contributed by atoms with Crippen molar-refractivity contribution in [1.82, 2.24) is 15.2 Å². The molecule has 0 spiro atoms. The van der Waals surface area contributed by atoms with E-state index in [9.17, 15) is 0 Å². The standard InChI is InChI=1S/C18H28N6/c1-5-8-11-19-18-22-17(13-20-23-18)21-16-10-9-15(12-14(16)4)24(6-2)7-3/h9-10,12-13H,5-8,11H2,1-4H3,(H2,19,21,22,23). The van der Waals surface area contributed by atoms with E-state index in [0.717, 1.165) is 38.2 Å². The van der Waals surface area contributed by atoms with Crippen molar-refractivity contribution in [3.05, 3.63) is 30.0 Å². The molecular weight excluding hydrogens is 300 g/mol. The second kappa shape index (κ2) is 9.05. The van der Waals surface area contributed by atoms with Gasteiger partial charge in [-0.05, 0) is 51.0 Å². The molecule has 6 heteroatoms. The van der Waals surface area contributed by atoms with Gasteiger partial charge in [0.2, 0.25) is 5.95 Å². The van der Waals surface area contributed by atoms with Crippen molar-refractivity contribution in [3.8, 4) is 0 Å². The Balaban J connectivity index is 2.09. The van der Waals surface area contributed by atoms with Gasteiger partial charge in [-0.1, -0.05) is 13.3 Å². The Labute approximate surface area is 144 Å². The highest BCUT2D eigenvalue weighted by Gasteiger charge is 2.07. The molecule has 0 atom stereocenters. The SMILES string of the molecule is CCCCNc1nncc(Nc2ccc(N(CC)CC)cc2C)n1. The lowest BCUT2D eigenvalue weighted by Crippen LogP contribution is -2.21. The lowest BCUT2D eigenvalue weighted by molar-refractivity contribution is 0.819. The number of anilines is 4. The zero-order chi connectivity index (χ0) is 17.4. The van der Waals surface area contributed by atoms with E-state index in [4.69, 9.17) is 0 Å². The molecule has 0 aliphatic carbocycles. The Bertz CT molecular complexity index is 639. The van der Waals surface area contributed by atoms with Gasteiger partial charge >= 0.3 is 0 Å². The number of aryl methyl sites for hydroxylation is 1. The monoisotopic (exact) mass is 328 g/mol. The zero-order valence-corrected chi connectivity index (χ0v) is 15.1. The highest BCUT2D eigenvalue weighted by atomic mass is 15.3. The molecule has 6 nitrogen and oxygen atoms in total. The first-order valence-electron chi connectivity index (χ1n) is 8.74. The van der Waals surface area contributed by atoms with Crippen molar-refractivity contribution in [2.75, 3.05) is 35.2 Å². The van der Waals surface area contributed by atoms with Crippen LogP contribution in [-0.2, 0) is 0 Å². The topological polar surface area (TPSA) is 66.0 Å². The smallest absolute Gasteiger partial charge is 0.244 e. The van der Waals surface area contributed by atoms with E-state index in [0.29, 0.717) is 11.8 Å². The van der Waals surface area contributed by atoms with Crippen LogP contribution in [0.3, 0.4) is 0 Å². The predicted molar refractivity (Wildman–Crippen MR) is 101 cm³/mol. The molecule has 0 bridgehead atoms. The number of aromatic nitrogens is 3. The first-order valence-corrected chi connectivity index (χ1v) is 8.74. The van der Waals surface area contributed by atoms with Gasteiger partial charge in [-0.3, -0.25) is 0 Å². The third-order valence-electron chi connectivity index (χ3n) is 3.97. The molecule has 2 aromatic rings. The molecule has 0 aliphatic rings. The van der Waals surface area contributed by atoms with Gasteiger partial charge in [0.15, 0.2) is 5.82 Å². The maximum Gasteiger partial charge on any atom is 0.244 e. The summed E-state index contributed by atoms with van der Waals surface area (Å²) in [6.45, 7) is 11.5. The predicted octanol–water partition coefficient (Wildman–Crippen LogP) is 3.98. The fourth-order valence-corrected chi connectivity index (χ4v) is 2.53. The number of nitrogens with zero attached hydrogens (tertiary/aromatic N) is 4. The van der Waals surface area contributed by atoms with E-state index in [2.05, 4.69) is 76.6 Å². The van der Waals surface area contributed by atoms with Crippen LogP contribution < -0.4 is 15.5 Å². The molecular formula is C18H28N6. The molecule has 0 unspecified atom stereocenters. The number of nitrogens with one attached hydrogen (secondary N) is 2. The Kier molecular flexibility index (Phi) is 6.78. The van der Waals surface area contributed by atoms with Crippen LogP contribution in [0.15, 0.2) is 24.4 Å². The van der Waals surface area contributed by atoms with Crippen LogP contribution in [0.25, 0.3) is 0 Å². The quantitative estimate of drug-likeness (QED) is 0.679. The summed E-state index contributed by atoms with van der Waals surface area (Å²) in [6.07, 6.45) is 3.87. The van der Waals surface area contributed by atoms with Gasteiger partial charge in [0.05, 0.1) is 6.20 Å². The minimum Gasteiger partial charge on any atom is -0.372 e. The van der Waals surface area contributed by atoms with Crippen molar-refractivity contribution in [2.24, 2.45) is 0 Å². The summed E-state index contributed by atoms with van der Waals surface area (Å²) in [5.74, 6) is 1.26. The summed E-state index contributed by atoms with van der Waals surface area (Å²) in [4.78, 5) is 6.80. The van der Waals surface area contributed by atoms with Gasteiger partial charge in [-0.2, -0.15) is 10.1 Å². The van der Waals surface area contributed by atoms with E-state index in [-0.39, 0.29) is 0 Å². The molecule has 0 radical (unpaired) electrons. The van der Waals surface area contributed by atoms with Crippen LogP contribution in [-0.4, -0.2) is 34.8 Å². The maximum absolute atomic E-state index is 4.46. The Morgan fingerprint density at radius 3 is 2.58 bits per heavy atom. The number of benzene rings is 1. The average Bonchev–Trinajstić information content (AvgIpc) is 2.59. The van der Waals surface area contributed by atoms with Crippen molar-refractivity contribution < 1.29 is 0 Å². The van der Waals surface area contributed by atoms with E-state index >= 15 is 0 Å². The Hall–Kier alpha value is -2.37. The summed E-state index contributed by atoms with van der Waals surface area (Å²) < 4.78 is 0. The second-order valence-corrected chi connectivity index (χ2v) is 5.74. The van der Waals surface area contributed by atoms with Crippen molar-refractivity contribution in [2.45, 2.75) is 40.5 Å².